The summed E-state index contributed by atoms with van der Waals surface area (Å²) >= 11 is 5.65. The van der Waals surface area contributed by atoms with Crippen LogP contribution < -0.4 is 5.73 Å². The molecule has 0 saturated heterocycles. The van der Waals surface area contributed by atoms with Gasteiger partial charge in [0, 0.05) is 16.2 Å². The summed E-state index contributed by atoms with van der Waals surface area (Å²) in [6.07, 6.45) is 0. The minimum absolute atomic E-state index is 0.300. The van der Waals surface area contributed by atoms with Crippen molar-refractivity contribution in [2.45, 2.75) is 6.54 Å². The highest BCUT2D eigenvalue weighted by atomic mass is 35.5. The van der Waals surface area contributed by atoms with Gasteiger partial charge < -0.3 is 5.73 Å². The van der Waals surface area contributed by atoms with Crippen molar-refractivity contribution in [1.82, 2.24) is 20.2 Å². The standard InChI is InChI=1S/C11H10ClN5O/c1-7(12)6-17-15-11(14-16-17)9-4-2-8(3-5-9)10(13)18/h2-5H,1,6H2,(H2,13,18). The lowest BCUT2D eigenvalue weighted by Crippen LogP contribution is -2.10. The number of carbonyl (C=O) groups excluding carboxylic acids is 1. The fourth-order valence-electron chi connectivity index (χ4n) is 1.36. The molecular weight excluding hydrogens is 254 g/mol. The smallest absolute Gasteiger partial charge is 0.248 e. The van der Waals surface area contributed by atoms with Crippen LogP contribution in [0.25, 0.3) is 11.4 Å². The van der Waals surface area contributed by atoms with Gasteiger partial charge in [-0.05, 0) is 17.3 Å². The van der Waals surface area contributed by atoms with Gasteiger partial charge in [0.05, 0.1) is 6.54 Å². The predicted octanol–water partition coefficient (Wildman–Crippen LogP) is 1.19. The molecule has 0 spiro atoms. The highest BCUT2D eigenvalue weighted by Crippen LogP contribution is 2.14. The molecule has 1 heterocycles. The maximum absolute atomic E-state index is 10.9. The number of benzene rings is 1. The van der Waals surface area contributed by atoms with Crippen molar-refractivity contribution in [3.63, 3.8) is 0 Å². The highest BCUT2D eigenvalue weighted by molar-refractivity contribution is 6.29. The summed E-state index contributed by atoms with van der Waals surface area (Å²) in [4.78, 5) is 12.3. The van der Waals surface area contributed by atoms with E-state index < -0.39 is 5.91 Å². The molecule has 0 saturated carbocycles. The van der Waals surface area contributed by atoms with Crippen LogP contribution in [0.1, 0.15) is 10.4 Å². The van der Waals surface area contributed by atoms with Crippen LogP contribution >= 0.6 is 11.6 Å². The van der Waals surface area contributed by atoms with Gasteiger partial charge in [-0.25, -0.2) is 0 Å². The molecule has 1 aromatic carbocycles. The van der Waals surface area contributed by atoms with Crippen LogP contribution in [0, 0.1) is 0 Å². The highest BCUT2D eigenvalue weighted by Gasteiger charge is 2.07. The first kappa shape index (κ1) is 12.3. The van der Waals surface area contributed by atoms with Crippen molar-refractivity contribution in [2.24, 2.45) is 5.73 Å². The second-order valence-corrected chi connectivity index (χ2v) is 4.14. The lowest BCUT2D eigenvalue weighted by atomic mass is 10.1. The van der Waals surface area contributed by atoms with Crippen molar-refractivity contribution in [3.05, 3.63) is 41.4 Å². The first-order chi connectivity index (χ1) is 8.56. The first-order valence-electron chi connectivity index (χ1n) is 5.07. The van der Waals surface area contributed by atoms with Gasteiger partial charge in [-0.3, -0.25) is 4.79 Å². The Morgan fingerprint density at radius 2 is 2.06 bits per heavy atom. The van der Waals surface area contributed by atoms with Crippen molar-refractivity contribution >= 4 is 17.5 Å². The SMILES string of the molecule is C=C(Cl)Cn1nnc(-c2ccc(C(N)=O)cc2)n1. The normalized spacial score (nSPS) is 10.3. The molecule has 0 aliphatic rings. The summed E-state index contributed by atoms with van der Waals surface area (Å²) in [5.41, 5.74) is 6.32. The third kappa shape index (κ3) is 2.72. The van der Waals surface area contributed by atoms with E-state index in [0.717, 1.165) is 5.56 Å². The van der Waals surface area contributed by atoms with Gasteiger partial charge in [0.2, 0.25) is 11.7 Å². The van der Waals surface area contributed by atoms with E-state index in [0.29, 0.717) is 23.0 Å². The molecule has 0 aliphatic heterocycles. The van der Waals surface area contributed by atoms with Gasteiger partial charge in [0.15, 0.2) is 0 Å². The van der Waals surface area contributed by atoms with E-state index in [-0.39, 0.29) is 0 Å². The lowest BCUT2D eigenvalue weighted by molar-refractivity contribution is 0.100. The molecule has 0 bridgehead atoms. The van der Waals surface area contributed by atoms with Gasteiger partial charge in [0.1, 0.15) is 0 Å². The molecule has 2 rings (SSSR count). The molecule has 1 amide bonds. The molecule has 0 fully saturated rings. The van der Waals surface area contributed by atoms with Crippen molar-refractivity contribution in [2.75, 3.05) is 0 Å². The summed E-state index contributed by atoms with van der Waals surface area (Å²) < 4.78 is 0. The number of hydrogen-bond donors (Lipinski definition) is 1. The van der Waals surface area contributed by atoms with Crippen molar-refractivity contribution < 1.29 is 4.79 Å². The zero-order chi connectivity index (χ0) is 13.1. The molecule has 7 heteroatoms. The molecule has 0 aliphatic carbocycles. The number of primary amides is 1. The van der Waals surface area contributed by atoms with Gasteiger partial charge >= 0.3 is 0 Å². The minimum atomic E-state index is -0.475. The minimum Gasteiger partial charge on any atom is -0.366 e. The van der Waals surface area contributed by atoms with Crippen LogP contribution in [-0.4, -0.2) is 26.1 Å². The van der Waals surface area contributed by atoms with E-state index >= 15 is 0 Å². The quantitative estimate of drug-likeness (QED) is 0.898. The molecule has 0 atom stereocenters. The number of amides is 1. The number of rotatable bonds is 4. The van der Waals surface area contributed by atoms with E-state index in [4.69, 9.17) is 17.3 Å². The van der Waals surface area contributed by atoms with Gasteiger partial charge in [0.25, 0.3) is 0 Å². The monoisotopic (exact) mass is 263 g/mol. The lowest BCUT2D eigenvalue weighted by Gasteiger charge is -1.97. The molecular formula is C11H10ClN5O. The van der Waals surface area contributed by atoms with Crippen molar-refractivity contribution in [3.8, 4) is 11.4 Å². The molecule has 1 aromatic heterocycles. The maximum atomic E-state index is 10.9. The number of tetrazole rings is 1. The second-order valence-electron chi connectivity index (χ2n) is 3.60. The number of hydrogen-bond acceptors (Lipinski definition) is 4. The van der Waals surface area contributed by atoms with Crippen molar-refractivity contribution in [1.29, 1.82) is 0 Å². The summed E-state index contributed by atoms with van der Waals surface area (Å²) in [5, 5.41) is 12.3. The van der Waals surface area contributed by atoms with E-state index in [1.54, 1.807) is 24.3 Å². The number of carbonyl (C=O) groups is 1. The molecule has 18 heavy (non-hydrogen) atoms. The largest absolute Gasteiger partial charge is 0.366 e. The molecule has 0 unspecified atom stereocenters. The maximum Gasteiger partial charge on any atom is 0.248 e. The summed E-state index contributed by atoms with van der Waals surface area (Å²) in [7, 11) is 0. The Bertz CT molecular complexity index is 590. The fraction of sp³-hybridized carbons (Fsp3) is 0.0909. The third-order valence-electron chi connectivity index (χ3n) is 2.19. The molecule has 2 aromatic rings. The van der Waals surface area contributed by atoms with Crippen LogP contribution in [0.3, 0.4) is 0 Å². The molecule has 92 valence electrons. The average Bonchev–Trinajstić information content (AvgIpc) is 2.76. The molecule has 2 N–H and O–H groups in total. The Balaban J connectivity index is 2.23. The Hall–Kier alpha value is -2.21. The summed E-state index contributed by atoms with van der Waals surface area (Å²) in [6, 6.07) is 6.63. The number of allylic oxidation sites excluding steroid dienone is 1. The number of aromatic nitrogens is 4. The van der Waals surface area contributed by atoms with Gasteiger partial charge in [-0.2, -0.15) is 4.80 Å². The summed E-state index contributed by atoms with van der Waals surface area (Å²) in [5.74, 6) is -0.0273. The van der Waals surface area contributed by atoms with E-state index in [2.05, 4.69) is 22.0 Å². The number of nitrogens with zero attached hydrogens (tertiary/aromatic N) is 4. The third-order valence-corrected chi connectivity index (χ3v) is 2.31. The van der Waals surface area contributed by atoms with Crippen LogP contribution in [-0.2, 0) is 6.54 Å². The molecule has 6 nitrogen and oxygen atoms in total. The Morgan fingerprint density at radius 3 is 2.61 bits per heavy atom. The first-order valence-corrected chi connectivity index (χ1v) is 5.45. The Labute approximate surface area is 108 Å². The zero-order valence-corrected chi connectivity index (χ0v) is 10.1. The summed E-state index contributed by atoms with van der Waals surface area (Å²) in [6.45, 7) is 3.85. The number of halogens is 1. The van der Waals surface area contributed by atoms with Gasteiger partial charge in [-0.1, -0.05) is 30.3 Å². The Morgan fingerprint density at radius 1 is 1.39 bits per heavy atom. The second kappa shape index (κ2) is 4.97. The van der Waals surface area contributed by atoms with Gasteiger partial charge in [-0.15, -0.1) is 10.2 Å². The van der Waals surface area contributed by atoms with E-state index in [1.807, 2.05) is 0 Å². The van der Waals surface area contributed by atoms with Crippen LogP contribution in [0.2, 0.25) is 0 Å². The van der Waals surface area contributed by atoms with Crippen LogP contribution in [0.5, 0.6) is 0 Å². The van der Waals surface area contributed by atoms with Crippen LogP contribution in [0.15, 0.2) is 35.9 Å². The average molecular weight is 264 g/mol. The predicted molar refractivity (Wildman–Crippen MR) is 66.8 cm³/mol. The topological polar surface area (TPSA) is 86.7 Å². The number of nitrogens with two attached hydrogens (primary N) is 1. The zero-order valence-electron chi connectivity index (χ0n) is 9.38. The fourth-order valence-corrected chi connectivity index (χ4v) is 1.47. The van der Waals surface area contributed by atoms with E-state index in [9.17, 15) is 4.79 Å². The molecule has 0 radical (unpaired) electrons. The van der Waals surface area contributed by atoms with Crippen LogP contribution in [0.4, 0.5) is 0 Å². The van der Waals surface area contributed by atoms with E-state index in [1.165, 1.54) is 4.80 Å². The Kier molecular flexibility index (Phi) is 3.38.